The van der Waals surface area contributed by atoms with Crippen LogP contribution in [-0.4, -0.2) is 41.6 Å². The third-order valence-corrected chi connectivity index (χ3v) is 3.76. The Balaban J connectivity index is 2.11. The molecule has 1 atom stereocenters. The van der Waals surface area contributed by atoms with Gasteiger partial charge >= 0.3 is 0 Å². The highest BCUT2D eigenvalue weighted by Crippen LogP contribution is 2.18. The van der Waals surface area contributed by atoms with Crippen molar-refractivity contribution in [1.29, 1.82) is 0 Å². The van der Waals surface area contributed by atoms with Crippen molar-refractivity contribution in [1.82, 2.24) is 15.4 Å². The first-order chi connectivity index (χ1) is 9.17. The van der Waals surface area contributed by atoms with E-state index in [-0.39, 0.29) is 11.9 Å². The molecule has 1 N–H and O–H groups in total. The molecule has 2 rings (SSSR count). The van der Waals surface area contributed by atoms with E-state index in [2.05, 4.69) is 17.4 Å². The minimum atomic E-state index is 0.182. The molecule has 1 amide bonds. The van der Waals surface area contributed by atoms with Gasteiger partial charge in [-0.3, -0.25) is 4.79 Å². The molecule has 1 aromatic rings. The van der Waals surface area contributed by atoms with Gasteiger partial charge in [-0.2, -0.15) is 0 Å². The fraction of sp³-hybridized carbons (Fsp3) is 0.714. The summed E-state index contributed by atoms with van der Waals surface area (Å²) < 4.78 is 5.32. The first-order valence-corrected chi connectivity index (χ1v) is 7.13. The Kier molecular flexibility index (Phi) is 4.58. The molecule has 0 spiro atoms. The maximum absolute atomic E-state index is 12.4. The Morgan fingerprint density at radius 2 is 2.26 bits per heavy atom. The Labute approximate surface area is 114 Å². The van der Waals surface area contributed by atoms with Crippen LogP contribution in [0.1, 0.15) is 37.8 Å². The van der Waals surface area contributed by atoms with Crippen molar-refractivity contribution < 1.29 is 9.32 Å². The van der Waals surface area contributed by atoms with Crippen LogP contribution in [0.3, 0.4) is 0 Å². The summed E-state index contributed by atoms with van der Waals surface area (Å²) in [7, 11) is 0. The molecule has 0 aliphatic carbocycles. The van der Waals surface area contributed by atoms with E-state index in [0.717, 1.165) is 49.5 Å². The lowest BCUT2D eigenvalue weighted by Crippen LogP contribution is -2.52. The normalized spacial score (nSPS) is 19.7. The smallest absolute Gasteiger partial charge is 0.227 e. The third kappa shape index (κ3) is 2.97. The molecule has 0 unspecified atom stereocenters. The number of hydrogen-bond donors (Lipinski definition) is 1. The Bertz CT molecular complexity index is 420. The van der Waals surface area contributed by atoms with Crippen LogP contribution in [0.25, 0.3) is 0 Å². The van der Waals surface area contributed by atoms with Crippen molar-refractivity contribution in [2.24, 2.45) is 0 Å². The number of nitrogens with zero attached hydrogens (tertiary/aromatic N) is 2. The van der Waals surface area contributed by atoms with Crippen molar-refractivity contribution >= 4 is 5.91 Å². The molecule has 1 aliphatic rings. The molecule has 5 heteroatoms. The second kappa shape index (κ2) is 6.19. The second-order valence-corrected chi connectivity index (χ2v) is 5.06. The van der Waals surface area contributed by atoms with Crippen LogP contribution >= 0.6 is 0 Å². The molecular formula is C14H23N3O2. The van der Waals surface area contributed by atoms with Gasteiger partial charge in [-0.15, -0.1) is 0 Å². The number of hydrogen-bond acceptors (Lipinski definition) is 4. The first-order valence-electron chi connectivity index (χ1n) is 7.13. The molecule has 1 aliphatic heterocycles. The maximum atomic E-state index is 12.4. The number of carbonyl (C=O) groups is 1. The van der Waals surface area contributed by atoms with Gasteiger partial charge < -0.3 is 14.7 Å². The van der Waals surface area contributed by atoms with Gasteiger partial charge in [0.2, 0.25) is 5.91 Å². The highest BCUT2D eigenvalue weighted by Gasteiger charge is 2.25. The van der Waals surface area contributed by atoms with E-state index in [9.17, 15) is 4.79 Å². The van der Waals surface area contributed by atoms with Crippen molar-refractivity contribution in [3.63, 3.8) is 0 Å². The minimum Gasteiger partial charge on any atom is -0.361 e. The summed E-state index contributed by atoms with van der Waals surface area (Å²) in [4.78, 5) is 14.4. The summed E-state index contributed by atoms with van der Waals surface area (Å²) >= 11 is 0. The standard InChI is InChI=1S/C14H23N3O2/c1-4-12-11(13(5-2)19-16-12)8-14(18)17-7-6-15-9-10(17)3/h10,15H,4-9H2,1-3H3/t10-/m0/s1. The summed E-state index contributed by atoms with van der Waals surface area (Å²) in [6.45, 7) is 8.69. The molecule has 0 bridgehead atoms. The number of amides is 1. The lowest BCUT2D eigenvalue weighted by molar-refractivity contribution is -0.133. The Hall–Kier alpha value is -1.36. The van der Waals surface area contributed by atoms with Gasteiger partial charge in [-0.05, 0) is 13.3 Å². The van der Waals surface area contributed by atoms with E-state index in [0.29, 0.717) is 6.42 Å². The molecular weight excluding hydrogens is 242 g/mol. The van der Waals surface area contributed by atoms with Gasteiger partial charge in [0.15, 0.2) is 0 Å². The lowest BCUT2D eigenvalue weighted by Gasteiger charge is -2.34. The molecule has 0 aromatic carbocycles. The van der Waals surface area contributed by atoms with Gasteiger partial charge in [0.1, 0.15) is 5.76 Å². The SMILES string of the molecule is CCc1noc(CC)c1CC(=O)N1CCNC[C@@H]1C. The number of aryl methyl sites for hydroxylation is 2. The average molecular weight is 265 g/mol. The van der Waals surface area contributed by atoms with E-state index < -0.39 is 0 Å². The van der Waals surface area contributed by atoms with E-state index in [1.165, 1.54) is 0 Å². The van der Waals surface area contributed by atoms with Crippen LogP contribution < -0.4 is 5.32 Å². The maximum Gasteiger partial charge on any atom is 0.227 e. The summed E-state index contributed by atoms with van der Waals surface area (Å²) in [6, 6.07) is 0.260. The predicted molar refractivity (Wildman–Crippen MR) is 73.0 cm³/mol. The van der Waals surface area contributed by atoms with E-state index >= 15 is 0 Å². The minimum absolute atomic E-state index is 0.182. The largest absolute Gasteiger partial charge is 0.361 e. The van der Waals surface area contributed by atoms with Gasteiger partial charge in [-0.1, -0.05) is 19.0 Å². The molecule has 5 nitrogen and oxygen atoms in total. The molecule has 1 aromatic heterocycles. The quantitative estimate of drug-likeness (QED) is 0.887. The fourth-order valence-electron chi connectivity index (χ4n) is 2.60. The highest BCUT2D eigenvalue weighted by molar-refractivity contribution is 5.79. The van der Waals surface area contributed by atoms with Crippen molar-refractivity contribution in [2.45, 2.75) is 46.1 Å². The summed E-state index contributed by atoms with van der Waals surface area (Å²) in [5.74, 6) is 1.04. The summed E-state index contributed by atoms with van der Waals surface area (Å²) in [6.07, 6.45) is 2.01. The van der Waals surface area contributed by atoms with Gasteiger partial charge in [0, 0.05) is 37.7 Å². The Morgan fingerprint density at radius 3 is 2.89 bits per heavy atom. The van der Waals surface area contributed by atoms with Gasteiger partial charge in [-0.25, -0.2) is 0 Å². The summed E-state index contributed by atoms with van der Waals surface area (Å²) in [5.41, 5.74) is 1.92. The molecule has 2 heterocycles. The van der Waals surface area contributed by atoms with Crippen LogP contribution in [0.2, 0.25) is 0 Å². The number of rotatable bonds is 4. The van der Waals surface area contributed by atoms with Gasteiger partial charge in [0.25, 0.3) is 0 Å². The predicted octanol–water partition coefficient (Wildman–Crippen LogP) is 1.16. The molecule has 19 heavy (non-hydrogen) atoms. The molecule has 0 radical (unpaired) electrons. The topological polar surface area (TPSA) is 58.4 Å². The molecule has 106 valence electrons. The van der Waals surface area contributed by atoms with E-state index in [1.807, 2.05) is 18.7 Å². The second-order valence-electron chi connectivity index (χ2n) is 5.06. The van der Waals surface area contributed by atoms with Crippen LogP contribution in [0.15, 0.2) is 4.52 Å². The number of aromatic nitrogens is 1. The highest BCUT2D eigenvalue weighted by atomic mass is 16.5. The Morgan fingerprint density at radius 1 is 1.47 bits per heavy atom. The van der Waals surface area contributed by atoms with Crippen LogP contribution in [0.5, 0.6) is 0 Å². The van der Waals surface area contributed by atoms with Crippen LogP contribution in [-0.2, 0) is 24.1 Å². The average Bonchev–Trinajstić information content (AvgIpc) is 2.81. The van der Waals surface area contributed by atoms with Crippen molar-refractivity contribution in [3.05, 3.63) is 17.0 Å². The monoisotopic (exact) mass is 265 g/mol. The number of piperazine rings is 1. The van der Waals surface area contributed by atoms with Crippen LogP contribution in [0.4, 0.5) is 0 Å². The summed E-state index contributed by atoms with van der Waals surface area (Å²) in [5, 5.41) is 7.36. The zero-order chi connectivity index (χ0) is 13.8. The van der Waals surface area contributed by atoms with Crippen LogP contribution in [0, 0.1) is 0 Å². The fourth-order valence-corrected chi connectivity index (χ4v) is 2.60. The number of carbonyl (C=O) groups excluding carboxylic acids is 1. The van der Waals surface area contributed by atoms with Gasteiger partial charge in [0.05, 0.1) is 12.1 Å². The number of nitrogens with one attached hydrogen (secondary N) is 1. The van der Waals surface area contributed by atoms with Crippen molar-refractivity contribution in [3.8, 4) is 0 Å². The van der Waals surface area contributed by atoms with Crippen molar-refractivity contribution in [2.75, 3.05) is 19.6 Å². The third-order valence-electron chi connectivity index (χ3n) is 3.76. The van der Waals surface area contributed by atoms with E-state index in [4.69, 9.17) is 4.52 Å². The molecule has 0 saturated carbocycles. The zero-order valence-corrected chi connectivity index (χ0v) is 12.0. The first kappa shape index (κ1) is 14.1. The lowest BCUT2D eigenvalue weighted by atomic mass is 10.0. The molecule has 1 saturated heterocycles. The van der Waals surface area contributed by atoms with E-state index in [1.54, 1.807) is 0 Å². The molecule has 1 fully saturated rings. The zero-order valence-electron chi connectivity index (χ0n) is 12.0.